The van der Waals surface area contributed by atoms with Crippen molar-refractivity contribution in [3.8, 4) is 0 Å². The number of carbonyl (C=O) groups excluding carboxylic acids is 4. The Bertz CT molecular complexity index is 956. The number of nitrogens with one attached hydrogen (secondary N) is 1. The fourth-order valence-corrected chi connectivity index (χ4v) is 3.73. The monoisotopic (exact) mass is 400 g/mol. The molecule has 8 nitrogen and oxygen atoms in total. The van der Waals surface area contributed by atoms with Gasteiger partial charge >= 0.3 is 5.97 Å². The smallest absolute Gasteiger partial charge is 0.311 e. The highest BCUT2D eigenvalue weighted by Crippen LogP contribution is 2.24. The molecular formula is C21H24N2O6. The van der Waals surface area contributed by atoms with Crippen LogP contribution in [0.25, 0.3) is 0 Å². The molecule has 154 valence electrons. The van der Waals surface area contributed by atoms with Crippen molar-refractivity contribution in [3.63, 3.8) is 0 Å². The average Bonchev–Trinajstić information content (AvgIpc) is 3.35. The first-order valence-electron chi connectivity index (χ1n) is 9.44. The number of H-pyrrole nitrogens is 1. The predicted molar refractivity (Wildman–Crippen MR) is 102 cm³/mol. The van der Waals surface area contributed by atoms with E-state index in [0.717, 1.165) is 0 Å². The first-order valence-corrected chi connectivity index (χ1v) is 9.44. The summed E-state index contributed by atoms with van der Waals surface area (Å²) in [7, 11) is 0. The first-order chi connectivity index (χ1) is 13.7. The second-order valence-electron chi connectivity index (χ2n) is 7.38. The molecule has 0 spiro atoms. The van der Waals surface area contributed by atoms with Gasteiger partial charge in [-0.05, 0) is 45.4 Å². The number of ketones is 2. The van der Waals surface area contributed by atoms with Crippen LogP contribution in [0.4, 0.5) is 0 Å². The summed E-state index contributed by atoms with van der Waals surface area (Å²) in [5, 5.41) is 0. The van der Waals surface area contributed by atoms with E-state index >= 15 is 0 Å². The van der Waals surface area contributed by atoms with Gasteiger partial charge in [0.05, 0.1) is 24.4 Å². The molecule has 0 radical (unpaired) electrons. The second-order valence-corrected chi connectivity index (χ2v) is 7.38. The van der Waals surface area contributed by atoms with E-state index in [9.17, 15) is 19.2 Å². The predicted octanol–water partition coefficient (Wildman–Crippen LogP) is 2.59. The van der Waals surface area contributed by atoms with E-state index in [1.165, 1.54) is 25.0 Å². The number of hydrogen-bond donors (Lipinski definition) is 1. The Labute approximate surface area is 168 Å². The van der Waals surface area contributed by atoms with Gasteiger partial charge in [0, 0.05) is 24.2 Å². The summed E-state index contributed by atoms with van der Waals surface area (Å²) in [6, 6.07) is 3.49. The molecule has 0 saturated carbocycles. The Balaban J connectivity index is 1.63. The molecule has 2 aromatic rings. The zero-order chi connectivity index (χ0) is 21.3. The van der Waals surface area contributed by atoms with Crippen molar-refractivity contribution in [3.05, 3.63) is 46.7 Å². The summed E-state index contributed by atoms with van der Waals surface area (Å²) in [6.45, 7) is 6.83. The number of furan rings is 1. The third-order valence-corrected chi connectivity index (χ3v) is 5.17. The van der Waals surface area contributed by atoms with Crippen molar-refractivity contribution in [2.75, 3.05) is 6.54 Å². The molecule has 2 atom stereocenters. The molecule has 1 saturated heterocycles. The van der Waals surface area contributed by atoms with Crippen molar-refractivity contribution in [2.24, 2.45) is 5.92 Å². The quantitative estimate of drug-likeness (QED) is 0.565. The molecule has 3 rings (SSSR count). The first kappa shape index (κ1) is 20.6. The normalized spacial score (nSPS) is 17.4. The summed E-state index contributed by atoms with van der Waals surface area (Å²) in [6.07, 6.45) is 0.528. The SMILES string of the molecule is CC(=O)c1c(C)[nH]c(C(=O)[C@@H](C)OC(=O)[C@H]2CC(=O)N(Cc3ccco3)C2)c1C. The molecule has 3 heterocycles. The number of aromatic amines is 1. The van der Waals surface area contributed by atoms with Gasteiger partial charge in [0.25, 0.3) is 0 Å². The molecule has 0 aliphatic carbocycles. The lowest BCUT2D eigenvalue weighted by molar-refractivity contribution is -0.151. The van der Waals surface area contributed by atoms with Crippen LogP contribution in [0.5, 0.6) is 0 Å². The number of amides is 1. The van der Waals surface area contributed by atoms with Crippen LogP contribution < -0.4 is 0 Å². The third-order valence-electron chi connectivity index (χ3n) is 5.17. The molecule has 0 bridgehead atoms. The van der Waals surface area contributed by atoms with Crippen LogP contribution in [0.1, 0.15) is 58.1 Å². The van der Waals surface area contributed by atoms with E-state index in [1.54, 1.807) is 26.0 Å². The average molecular weight is 400 g/mol. The van der Waals surface area contributed by atoms with E-state index < -0.39 is 23.8 Å². The minimum Gasteiger partial charge on any atom is -0.467 e. The second kappa shape index (κ2) is 8.06. The number of hydrogen-bond acceptors (Lipinski definition) is 6. The fraction of sp³-hybridized carbons (Fsp3) is 0.429. The Morgan fingerprint density at radius 3 is 2.66 bits per heavy atom. The molecule has 1 aliphatic rings. The lowest BCUT2D eigenvalue weighted by Gasteiger charge is -2.16. The number of esters is 1. The van der Waals surface area contributed by atoms with Gasteiger partial charge in [-0.1, -0.05) is 0 Å². The zero-order valence-electron chi connectivity index (χ0n) is 16.9. The summed E-state index contributed by atoms with van der Waals surface area (Å²) >= 11 is 0. The van der Waals surface area contributed by atoms with Crippen molar-refractivity contribution in [2.45, 2.75) is 46.8 Å². The van der Waals surface area contributed by atoms with Crippen LogP contribution in [-0.2, 0) is 20.9 Å². The molecule has 1 fully saturated rings. The Morgan fingerprint density at radius 1 is 1.34 bits per heavy atom. The van der Waals surface area contributed by atoms with Gasteiger partial charge in [0.15, 0.2) is 11.9 Å². The fourth-order valence-electron chi connectivity index (χ4n) is 3.73. The zero-order valence-corrected chi connectivity index (χ0v) is 16.9. The number of rotatable bonds is 7. The number of Topliss-reactive ketones (excluding diaryl/α,β-unsaturated/α-hetero) is 2. The highest BCUT2D eigenvalue weighted by Gasteiger charge is 2.37. The van der Waals surface area contributed by atoms with E-state index in [4.69, 9.17) is 9.15 Å². The number of likely N-dealkylation sites (tertiary alicyclic amines) is 1. The van der Waals surface area contributed by atoms with E-state index in [0.29, 0.717) is 29.1 Å². The molecule has 29 heavy (non-hydrogen) atoms. The minimum atomic E-state index is -1.03. The Morgan fingerprint density at radius 2 is 2.07 bits per heavy atom. The highest BCUT2D eigenvalue weighted by molar-refractivity contribution is 6.05. The molecular weight excluding hydrogens is 376 g/mol. The molecule has 0 aromatic carbocycles. The lowest BCUT2D eigenvalue weighted by Crippen LogP contribution is -2.30. The van der Waals surface area contributed by atoms with Crippen LogP contribution in [0.2, 0.25) is 0 Å². The van der Waals surface area contributed by atoms with Gasteiger partial charge in [0.2, 0.25) is 11.7 Å². The van der Waals surface area contributed by atoms with Crippen molar-refractivity contribution in [1.82, 2.24) is 9.88 Å². The van der Waals surface area contributed by atoms with Gasteiger partial charge in [-0.15, -0.1) is 0 Å². The summed E-state index contributed by atoms with van der Waals surface area (Å²) in [4.78, 5) is 53.6. The maximum absolute atomic E-state index is 12.7. The Hall–Kier alpha value is -3.16. The number of aromatic nitrogens is 1. The maximum atomic E-state index is 12.7. The number of ether oxygens (including phenoxy) is 1. The molecule has 1 aliphatic heterocycles. The van der Waals surface area contributed by atoms with Gasteiger partial charge in [-0.2, -0.15) is 0 Å². The molecule has 1 amide bonds. The van der Waals surface area contributed by atoms with E-state index in [1.807, 2.05) is 0 Å². The van der Waals surface area contributed by atoms with Crippen LogP contribution in [-0.4, -0.2) is 46.0 Å². The van der Waals surface area contributed by atoms with Gasteiger partial charge in [-0.25, -0.2) is 0 Å². The van der Waals surface area contributed by atoms with Gasteiger partial charge < -0.3 is 19.0 Å². The van der Waals surface area contributed by atoms with E-state index in [2.05, 4.69) is 4.98 Å². The van der Waals surface area contributed by atoms with E-state index in [-0.39, 0.29) is 30.3 Å². The van der Waals surface area contributed by atoms with Crippen LogP contribution >= 0.6 is 0 Å². The lowest BCUT2D eigenvalue weighted by atomic mass is 10.0. The maximum Gasteiger partial charge on any atom is 0.311 e. The standard InChI is InChI=1S/C21H24N2O6/c1-11-18(13(3)24)12(2)22-19(11)20(26)14(4)29-21(27)15-8-17(25)23(9-15)10-16-6-5-7-28-16/h5-7,14-15,22H,8-10H2,1-4H3/t14-,15+/m1/s1. The topological polar surface area (TPSA) is 110 Å². The van der Waals surface area contributed by atoms with Crippen molar-refractivity contribution < 1.29 is 28.3 Å². The number of nitrogens with zero attached hydrogens (tertiary/aromatic N) is 1. The van der Waals surface area contributed by atoms with Crippen LogP contribution in [0, 0.1) is 19.8 Å². The molecule has 8 heteroatoms. The number of aryl methyl sites for hydroxylation is 1. The van der Waals surface area contributed by atoms with Crippen LogP contribution in [0.3, 0.4) is 0 Å². The largest absolute Gasteiger partial charge is 0.467 e. The molecule has 1 N–H and O–H groups in total. The van der Waals surface area contributed by atoms with Gasteiger partial charge in [-0.3, -0.25) is 19.2 Å². The third kappa shape index (κ3) is 4.16. The summed E-state index contributed by atoms with van der Waals surface area (Å²) in [5.74, 6) is -1.30. The van der Waals surface area contributed by atoms with Crippen molar-refractivity contribution in [1.29, 1.82) is 0 Å². The van der Waals surface area contributed by atoms with Crippen molar-refractivity contribution >= 4 is 23.4 Å². The number of carbonyl (C=O) groups is 4. The molecule has 2 aromatic heterocycles. The van der Waals surface area contributed by atoms with Crippen LogP contribution in [0.15, 0.2) is 22.8 Å². The summed E-state index contributed by atoms with van der Waals surface area (Å²) < 4.78 is 10.6. The minimum absolute atomic E-state index is 0.0373. The highest BCUT2D eigenvalue weighted by atomic mass is 16.5. The summed E-state index contributed by atoms with van der Waals surface area (Å²) in [5.41, 5.74) is 1.88. The molecule has 0 unspecified atom stereocenters. The Kier molecular flexibility index (Phi) is 5.72. The van der Waals surface area contributed by atoms with Gasteiger partial charge in [0.1, 0.15) is 5.76 Å².